The standard InChI is InChI=1S/C15H19FN2O3/c1-12(19)17-6-3-7-18(9-8-17)15(20)11-21-14-5-2-4-13(16)10-14/h2,4-5,10H,3,6-9,11H2,1H3. The molecule has 0 aromatic heterocycles. The van der Waals surface area contributed by atoms with E-state index in [0.717, 1.165) is 6.42 Å². The molecule has 5 nitrogen and oxygen atoms in total. The van der Waals surface area contributed by atoms with Crippen LogP contribution in [0.5, 0.6) is 5.75 Å². The van der Waals surface area contributed by atoms with Crippen LogP contribution in [0.2, 0.25) is 0 Å². The highest BCUT2D eigenvalue weighted by atomic mass is 19.1. The number of carbonyl (C=O) groups excluding carboxylic acids is 2. The zero-order valence-corrected chi connectivity index (χ0v) is 12.0. The average Bonchev–Trinajstić information content (AvgIpc) is 2.71. The van der Waals surface area contributed by atoms with Crippen LogP contribution in [0, 0.1) is 5.82 Å². The van der Waals surface area contributed by atoms with Gasteiger partial charge in [0, 0.05) is 39.2 Å². The summed E-state index contributed by atoms with van der Waals surface area (Å²) in [5.41, 5.74) is 0. The molecule has 1 aliphatic rings. The van der Waals surface area contributed by atoms with Crippen molar-refractivity contribution in [2.45, 2.75) is 13.3 Å². The number of nitrogens with zero attached hydrogens (tertiary/aromatic N) is 2. The van der Waals surface area contributed by atoms with E-state index in [-0.39, 0.29) is 18.4 Å². The summed E-state index contributed by atoms with van der Waals surface area (Å²) in [5, 5.41) is 0. The molecule has 114 valence electrons. The van der Waals surface area contributed by atoms with Crippen LogP contribution < -0.4 is 4.74 Å². The average molecular weight is 294 g/mol. The van der Waals surface area contributed by atoms with Crippen LogP contribution in [0.4, 0.5) is 4.39 Å². The molecule has 1 aromatic rings. The van der Waals surface area contributed by atoms with E-state index in [1.807, 2.05) is 0 Å². The maximum absolute atomic E-state index is 13.0. The van der Waals surface area contributed by atoms with Gasteiger partial charge >= 0.3 is 0 Å². The van der Waals surface area contributed by atoms with Crippen LogP contribution in [0.25, 0.3) is 0 Å². The summed E-state index contributed by atoms with van der Waals surface area (Å²) in [6.45, 7) is 3.74. The normalized spacial score (nSPS) is 15.5. The van der Waals surface area contributed by atoms with Crippen molar-refractivity contribution in [1.29, 1.82) is 0 Å². The molecular weight excluding hydrogens is 275 g/mol. The van der Waals surface area contributed by atoms with Gasteiger partial charge in [-0.3, -0.25) is 9.59 Å². The number of hydrogen-bond acceptors (Lipinski definition) is 3. The summed E-state index contributed by atoms with van der Waals surface area (Å²) in [4.78, 5) is 26.8. The quantitative estimate of drug-likeness (QED) is 0.844. The first kappa shape index (κ1) is 15.3. The van der Waals surface area contributed by atoms with E-state index in [2.05, 4.69) is 0 Å². The largest absolute Gasteiger partial charge is 0.484 e. The molecule has 2 amide bonds. The van der Waals surface area contributed by atoms with Gasteiger partial charge in [0.05, 0.1) is 0 Å². The SMILES string of the molecule is CC(=O)N1CCCN(C(=O)COc2cccc(F)c2)CC1. The summed E-state index contributed by atoms with van der Waals surface area (Å²) < 4.78 is 18.3. The Bertz CT molecular complexity index is 521. The van der Waals surface area contributed by atoms with Crippen molar-refractivity contribution in [3.05, 3.63) is 30.1 Å². The Balaban J connectivity index is 1.84. The van der Waals surface area contributed by atoms with Crippen LogP contribution in [0.15, 0.2) is 24.3 Å². The third-order valence-electron chi connectivity index (χ3n) is 3.45. The first-order chi connectivity index (χ1) is 10.1. The van der Waals surface area contributed by atoms with E-state index in [0.29, 0.717) is 31.9 Å². The highest BCUT2D eigenvalue weighted by Crippen LogP contribution is 2.12. The highest BCUT2D eigenvalue weighted by molar-refractivity contribution is 5.78. The molecule has 0 radical (unpaired) electrons. The van der Waals surface area contributed by atoms with Gasteiger partial charge < -0.3 is 14.5 Å². The fraction of sp³-hybridized carbons (Fsp3) is 0.467. The maximum atomic E-state index is 13.0. The van der Waals surface area contributed by atoms with Crippen molar-refractivity contribution in [3.63, 3.8) is 0 Å². The second-order valence-electron chi connectivity index (χ2n) is 4.99. The van der Waals surface area contributed by atoms with E-state index >= 15 is 0 Å². The fourth-order valence-electron chi connectivity index (χ4n) is 2.27. The van der Waals surface area contributed by atoms with Crippen molar-refractivity contribution in [1.82, 2.24) is 9.80 Å². The zero-order valence-electron chi connectivity index (χ0n) is 12.0. The van der Waals surface area contributed by atoms with Crippen molar-refractivity contribution in [2.24, 2.45) is 0 Å². The van der Waals surface area contributed by atoms with Gasteiger partial charge in [-0.2, -0.15) is 0 Å². The molecule has 0 unspecified atom stereocenters. The number of benzene rings is 1. The Kier molecular flexibility index (Phi) is 5.14. The van der Waals surface area contributed by atoms with Gasteiger partial charge in [0.15, 0.2) is 6.61 Å². The molecule has 0 saturated carbocycles. The number of rotatable bonds is 3. The summed E-state index contributed by atoms with van der Waals surface area (Å²) in [6, 6.07) is 5.70. The van der Waals surface area contributed by atoms with E-state index in [4.69, 9.17) is 4.74 Å². The monoisotopic (exact) mass is 294 g/mol. The lowest BCUT2D eigenvalue weighted by Crippen LogP contribution is -2.38. The second kappa shape index (κ2) is 7.06. The first-order valence-corrected chi connectivity index (χ1v) is 6.98. The second-order valence-corrected chi connectivity index (χ2v) is 4.99. The van der Waals surface area contributed by atoms with Crippen molar-refractivity contribution >= 4 is 11.8 Å². The van der Waals surface area contributed by atoms with Gasteiger partial charge in [-0.1, -0.05) is 6.07 Å². The molecule has 2 rings (SSSR count). The lowest BCUT2D eigenvalue weighted by atomic mass is 10.3. The Hall–Kier alpha value is -2.11. The van der Waals surface area contributed by atoms with E-state index in [9.17, 15) is 14.0 Å². The van der Waals surface area contributed by atoms with Gasteiger partial charge in [-0.05, 0) is 18.6 Å². The summed E-state index contributed by atoms with van der Waals surface area (Å²) in [5.74, 6) is -0.180. The highest BCUT2D eigenvalue weighted by Gasteiger charge is 2.20. The minimum atomic E-state index is -0.396. The predicted molar refractivity (Wildman–Crippen MR) is 75.3 cm³/mol. The van der Waals surface area contributed by atoms with Crippen LogP contribution in [0.1, 0.15) is 13.3 Å². The molecule has 0 aliphatic carbocycles. The van der Waals surface area contributed by atoms with Crippen LogP contribution in [-0.2, 0) is 9.59 Å². The molecule has 6 heteroatoms. The third-order valence-corrected chi connectivity index (χ3v) is 3.45. The molecule has 0 N–H and O–H groups in total. The molecule has 1 fully saturated rings. The first-order valence-electron chi connectivity index (χ1n) is 6.98. The number of amides is 2. The van der Waals surface area contributed by atoms with E-state index in [1.165, 1.54) is 25.1 Å². The molecule has 1 aliphatic heterocycles. The lowest BCUT2D eigenvalue weighted by Gasteiger charge is -2.21. The van der Waals surface area contributed by atoms with Crippen LogP contribution in [0.3, 0.4) is 0 Å². The van der Waals surface area contributed by atoms with Crippen molar-refractivity contribution in [3.8, 4) is 5.75 Å². The fourth-order valence-corrected chi connectivity index (χ4v) is 2.27. The minimum Gasteiger partial charge on any atom is -0.484 e. The summed E-state index contributed by atoms with van der Waals surface area (Å²) in [7, 11) is 0. The predicted octanol–water partition coefficient (Wildman–Crippen LogP) is 1.29. The third kappa shape index (κ3) is 4.44. The Morgan fingerprint density at radius 3 is 2.62 bits per heavy atom. The number of hydrogen-bond donors (Lipinski definition) is 0. The Labute approximate surface area is 123 Å². The molecule has 1 heterocycles. The zero-order chi connectivity index (χ0) is 15.2. The number of halogens is 1. The molecule has 1 aromatic carbocycles. The number of carbonyl (C=O) groups is 2. The van der Waals surface area contributed by atoms with Gasteiger partial charge in [0.2, 0.25) is 5.91 Å². The number of ether oxygens (including phenoxy) is 1. The van der Waals surface area contributed by atoms with E-state index in [1.54, 1.807) is 15.9 Å². The van der Waals surface area contributed by atoms with Crippen molar-refractivity contribution < 1.29 is 18.7 Å². The molecule has 0 bridgehead atoms. The van der Waals surface area contributed by atoms with Gasteiger partial charge in [-0.15, -0.1) is 0 Å². The van der Waals surface area contributed by atoms with Crippen LogP contribution >= 0.6 is 0 Å². The molecule has 0 spiro atoms. The Morgan fingerprint density at radius 1 is 1.19 bits per heavy atom. The maximum Gasteiger partial charge on any atom is 0.260 e. The van der Waals surface area contributed by atoms with Crippen molar-refractivity contribution in [2.75, 3.05) is 32.8 Å². The molecule has 21 heavy (non-hydrogen) atoms. The minimum absolute atomic E-state index is 0.0281. The smallest absolute Gasteiger partial charge is 0.260 e. The van der Waals surface area contributed by atoms with E-state index < -0.39 is 5.82 Å². The molecular formula is C15H19FN2O3. The summed E-state index contributed by atoms with van der Waals surface area (Å²) >= 11 is 0. The van der Waals surface area contributed by atoms with Gasteiger partial charge in [-0.25, -0.2) is 4.39 Å². The summed E-state index contributed by atoms with van der Waals surface area (Å²) in [6.07, 6.45) is 0.755. The van der Waals surface area contributed by atoms with Gasteiger partial charge in [0.25, 0.3) is 5.91 Å². The Morgan fingerprint density at radius 2 is 1.90 bits per heavy atom. The molecule has 0 atom stereocenters. The molecule has 1 saturated heterocycles. The van der Waals surface area contributed by atoms with Crippen LogP contribution in [-0.4, -0.2) is 54.4 Å². The van der Waals surface area contributed by atoms with Gasteiger partial charge in [0.1, 0.15) is 11.6 Å². The topological polar surface area (TPSA) is 49.9 Å². The lowest BCUT2D eigenvalue weighted by molar-refractivity contribution is -0.134.